The first-order valence-electron chi connectivity index (χ1n) is 2.95. The summed E-state index contributed by atoms with van der Waals surface area (Å²) >= 11 is 0. The van der Waals surface area contributed by atoms with Gasteiger partial charge in [0.1, 0.15) is 0 Å². The fraction of sp³-hybridized carbons (Fsp3) is 1.00. The van der Waals surface area contributed by atoms with E-state index in [9.17, 15) is 4.39 Å². The highest BCUT2D eigenvalue weighted by Crippen LogP contribution is 2.15. The van der Waals surface area contributed by atoms with Crippen LogP contribution in [0.5, 0.6) is 0 Å². The Morgan fingerprint density at radius 2 is 2.00 bits per heavy atom. The summed E-state index contributed by atoms with van der Waals surface area (Å²) < 4.78 is 17.3. The summed E-state index contributed by atoms with van der Waals surface area (Å²) in [4.78, 5) is 0. The minimum atomic E-state index is -1.41. The van der Waals surface area contributed by atoms with Crippen molar-refractivity contribution in [3.63, 3.8) is 0 Å². The van der Waals surface area contributed by atoms with Gasteiger partial charge in [-0.15, -0.1) is 0 Å². The lowest BCUT2D eigenvalue weighted by atomic mass is 10.3. The van der Waals surface area contributed by atoms with Gasteiger partial charge >= 0.3 is 0 Å². The van der Waals surface area contributed by atoms with Crippen molar-refractivity contribution in [3.05, 3.63) is 0 Å². The van der Waals surface area contributed by atoms with Crippen LogP contribution in [-0.2, 0) is 4.74 Å². The van der Waals surface area contributed by atoms with E-state index in [0.29, 0.717) is 13.0 Å². The summed E-state index contributed by atoms with van der Waals surface area (Å²) in [6.07, 6.45) is 0.418. The van der Waals surface area contributed by atoms with Crippen molar-refractivity contribution in [2.45, 2.75) is 33.0 Å². The smallest absolute Gasteiger partial charge is 0.206 e. The second-order valence-corrected chi connectivity index (χ2v) is 1.89. The fourth-order valence-electron chi connectivity index (χ4n) is 0.403. The normalized spacial score (nSPS) is 18.0. The zero-order valence-electron chi connectivity index (χ0n) is 5.70. The second kappa shape index (κ2) is 3.02. The van der Waals surface area contributed by atoms with Gasteiger partial charge in [-0.05, 0) is 13.8 Å². The van der Waals surface area contributed by atoms with Crippen LogP contribution < -0.4 is 0 Å². The SMILES string of the molecule is CCOC(C)(F)CC. The van der Waals surface area contributed by atoms with Crippen molar-refractivity contribution in [1.29, 1.82) is 0 Å². The molecule has 8 heavy (non-hydrogen) atoms. The quantitative estimate of drug-likeness (QED) is 0.554. The average molecular weight is 120 g/mol. The van der Waals surface area contributed by atoms with Crippen molar-refractivity contribution < 1.29 is 9.13 Å². The van der Waals surface area contributed by atoms with E-state index in [4.69, 9.17) is 4.74 Å². The van der Waals surface area contributed by atoms with E-state index in [2.05, 4.69) is 0 Å². The largest absolute Gasteiger partial charge is 0.346 e. The van der Waals surface area contributed by atoms with Crippen molar-refractivity contribution in [1.82, 2.24) is 0 Å². The first-order chi connectivity index (χ1) is 3.62. The Morgan fingerprint density at radius 3 is 2.12 bits per heavy atom. The van der Waals surface area contributed by atoms with Crippen LogP contribution in [0.25, 0.3) is 0 Å². The summed E-state index contributed by atoms with van der Waals surface area (Å²) in [5, 5.41) is 0. The molecule has 2 heteroatoms. The molecule has 0 aliphatic carbocycles. The van der Waals surface area contributed by atoms with Crippen LogP contribution in [0.1, 0.15) is 27.2 Å². The van der Waals surface area contributed by atoms with Crippen molar-refractivity contribution >= 4 is 0 Å². The van der Waals surface area contributed by atoms with E-state index < -0.39 is 5.85 Å². The standard InChI is InChI=1S/C6H13FO/c1-4-6(3,7)8-5-2/h4-5H2,1-3H3. The third kappa shape index (κ3) is 2.97. The van der Waals surface area contributed by atoms with E-state index in [1.807, 2.05) is 0 Å². The molecule has 0 aliphatic heterocycles. The van der Waals surface area contributed by atoms with Crippen LogP contribution in [0.15, 0.2) is 0 Å². The van der Waals surface area contributed by atoms with Gasteiger partial charge in [-0.2, -0.15) is 0 Å². The molecular formula is C6H13FO. The highest BCUT2D eigenvalue weighted by Gasteiger charge is 2.18. The number of ether oxygens (including phenoxy) is 1. The average Bonchev–Trinajstić information content (AvgIpc) is 1.67. The van der Waals surface area contributed by atoms with E-state index in [-0.39, 0.29) is 0 Å². The Morgan fingerprint density at radius 1 is 1.50 bits per heavy atom. The lowest BCUT2D eigenvalue weighted by Gasteiger charge is -2.16. The molecule has 0 spiro atoms. The molecule has 0 heterocycles. The highest BCUT2D eigenvalue weighted by molar-refractivity contribution is 4.54. The molecule has 0 rings (SSSR count). The van der Waals surface area contributed by atoms with Gasteiger partial charge in [-0.1, -0.05) is 6.92 Å². The summed E-state index contributed by atoms with van der Waals surface area (Å²) in [5.41, 5.74) is 0. The van der Waals surface area contributed by atoms with E-state index in [1.165, 1.54) is 6.92 Å². The Bertz CT molecular complexity index is 61.5. The zero-order chi connectivity index (χ0) is 6.62. The summed E-state index contributed by atoms with van der Waals surface area (Å²) in [6.45, 7) is 5.43. The first kappa shape index (κ1) is 7.89. The maximum absolute atomic E-state index is 12.6. The van der Waals surface area contributed by atoms with Gasteiger partial charge in [-0.3, -0.25) is 0 Å². The lowest BCUT2D eigenvalue weighted by molar-refractivity contribution is -0.128. The van der Waals surface area contributed by atoms with E-state index in [0.717, 1.165) is 0 Å². The van der Waals surface area contributed by atoms with Gasteiger partial charge < -0.3 is 4.74 Å². The van der Waals surface area contributed by atoms with Gasteiger partial charge in [-0.25, -0.2) is 4.39 Å². The zero-order valence-corrected chi connectivity index (χ0v) is 5.70. The molecule has 0 saturated carbocycles. The number of hydrogen-bond acceptors (Lipinski definition) is 1. The molecular weight excluding hydrogens is 107 g/mol. The Hall–Kier alpha value is -0.110. The van der Waals surface area contributed by atoms with E-state index in [1.54, 1.807) is 13.8 Å². The molecule has 0 fully saturated rings. The van der Waals surface area contributed by atoms with Crippen LogP contribution in [0.4, 0.5) is 4.39 Å². The third-order valence-electron chi connectivity index (χ3n) is 1.08. The molecule has 0 bridgehead atoms. The Labute approximate surface area is 49.8 Å². The Balaban J connectivity index is 3.37. The van der Waals surface area contributed by atoms with Gasteiger partial charge in [0.05, 0.1) is 0 Å². The fourth-order valence-corrected chi connectivity index (χ4v) is 0.403. The molecule has 0 aromatic rings. The first-order valence-corrected chi connectivity index (χ1v) is 2.95. The topological polar surface area (TPSA) is 9.23 Å². The van der Waals surface area contributed by atoms with Crippen molar-refractivity contribution in [2.75, 3.05) is 6.61 Å². The number of halogens is 1. The van der Waals surface area contributed by atoms with E-state index >= 15 is 0 Å². The van der Waals surface area contributed by atoms with Crippen LogP contribution in [0, 0.1) is 0 Å². The highest BCUT2D eigenvalue weighted by atomic mass is 19.2. The summed E-state index contributed by atoms with van der Waals surface area (Å²) in [6, 6.07) is 0. The molecule has 0 aliphatic rings. The molecule has 0 amide bonds. The monoisotopic (exact) mass is 120 g/mol. The minimum absolute atomic E-state index is 0.418. The molecule has 0 aromatic carbocycles. The van der Waals surface area contributed by atoms with Crippen LogP contribution in [0.3, 0.4) is 0 Å². The maximum atomic E-state index is 12.6. The minimum Gasteiger partial charge on any atom is -0.346 e. The molecule has 50 valence electrons. The molecule has 1 nitrogen and oxygen atoms in total. The summed E-state index contributed by atoms with van der Waals surface area (Å²) in [5.74, 6) is -1.41. The molecule has 1 unspecified atom stereocenters. The molecule has 0 radical (unpaired) electrons. The molecule has 0 N–H and O–H groups in total. The van der Waals surface area contributed by atoms with Crippen molar-refractivity contribution in [2.24, 2.45) is 0 Å². The predicted molar refractivity (Wildman–Crippen MR) is 31.4 cm³/mol. The third-order valence-corrected chi connectivity index (χ3v) is 1.08. The molecule has 0 saturated heterocycles. The second-order valence-electron chi connectivity index (χ2n) is 1.89. The van der Waals surface area contributed by atoms with Gasteiger partial charge in [0.25, 0.3) is 0 Å². The lowest BCUT2D eigenvalue weighted by Crippen LogP contribution is -2.20. The van der Waals surface area contributed by atoms with Gasteiger partial charge in [0.15, 0.2) is 0 Å². The number of alkyl halides is 1. The van der Waals surface area contributed by atoms with Crippen LogP contribution in [-0.4, -0.2) is 12.5 Å². The van der Waals surface area contributed by atoms with Gasteiger partial charge in [0, 0.05) is 13.0 Å². The summed E-state index contributed by atoms with van der Waals surface area (Å²) in [7, 11) is 0. The van der Waals surface area contributed by atoms with Crippen molar-refractivity contribution in [3.8, 4) is 0 Å². The molecule has 1 atom stereocenters. The number of rotatable bonds is 3. The Kier molecular flexibility index (Phi) is 2.98. The van der Waals surface area contributed by atoms with Gasteiger partial charge in [0.2, 0.25) is 5.85 Å². The maximum Gasteiger partial charge on any atom is 0.206 e. The van der Waals surface area contributed by atoms with Crippen LogP contribution >= 0.6 is 0 Å². The number of hydrogen-bond donors (Lipinski definition) is 0. The predicted octanol–water partition coefficient (Wildman–Crippen LogP) is 2.12. The molecule has 0 aromatic heterocycles. The van der Waals surface area contributed by atoms with Crippen LogP contribution in [0.2, 0.25) is 0 Å².